The predicted molar refractivity (Wildman–Crippen MR) is 115 cm³/mol. The number of imidazole rings is 1. The van der Waals surface area contributed by atoms with Gasteiger partial charge in [0.15, 0.2) is 0 Å². The molecule has 0 saturated heterocycles. The number of nitro groups is 1. The number of H-pyrrole nitrogens is 1. The van der Waals surface area contributed by atoms with Crippen molar-refractivity contribution in [3.05, 3.63) is 92.3 Å². The molecule has 0 atom stereocenters. The van der Waals surface area contributed by atoms with Gasteiger partial charge in [-0.3, -0.25) is 24.8 Å². The predicted octanol–water partition coefficient (Wildman–Crippen LogP) is 3.35. The number of pyridine rings is 1. The van der Waals surface area contributed by atoms with Crippen LogP contribution in [0.4, 0.5) is 25.0 Å². The molecule has 3 N–H and O–H groups in total. The lowest BCUT2D eigenvalue weighted by Crippen LogP contribution is -2.17. The largest absolute Gasteiger partial charge is 0.477 e. The van der Waals surface area contributed by atoms with Gasteiger partial charge in [0.05, 0.1) is 28.1 Å². The second kappa shape index (κ2) is 9.01. The number of hydrogen-bond donors (Lipinski definition) is 3. The van der Waals surface area contributed by atoms with Crippen LogP contribution in [0.1, 0.15) is 16.1 Å². The number of aromatic amines is 1. The Morgan fingerprint density at radius 2 is 2.00 bits per heavy atom. The molecule has 0 aliphatic heterocycles. The maximum atomic E-state index is 13.6. The Morgan fingerprint density at radius 1 is 1.23 bits per heavy atom. The summed E-state index contributed by atoms with van der Waals surface area (Å²) < 4.78 is 32.8. The van der Waals surface area contributed by atoms with E-state index in [4.69, 9.17) is 9.84 Å². The Balaban J connectivity index is 1.58. The van der Waals surface area contributed by atoms with Crippen LogP contribution >= 0.6 is 0 Å². The first-order valence-electron chi connectivity index (χ1n) is 9.63. The fourth-order valence-corrected chi connectivity index (χ4v) is 3.19. The van der Waals surface area contributed by atoms with Crippen molar-refractivity contribution in [1.29, 1.82) is 0 Å². The highest BCUT2D eigenvalue weighted by molar-refractivity contribution is 5.94. The number of carbonyl (C=O) groups is 2. The summed E-state index contributed by atoms with van der Waals surface area (Å²) in [5.41, 5.74) is -1.93. The Bertz CT molecular complexity index is 1560. The topological polar surface area (TPSA) is 169 Å². The number of aromatic nitrogens is 3. The van der Waals surface area contributed by atoms with Crippen molar-refractivity contribution in [3.8, 4) is 5.69 Å². The van der Waals surface area contributed by atoms with Crippen LogP contribution in [0.25, 0.3) is 16.6 Å². The second-order valence-electron chi connectivity index (χ2n) is 7.10. The highest BCUT2D eigenvalue weighted by atomic mass is 19.1. The van der Waals surface area contributed by atoms with Crippen molar-refractivity contribution in [2.45, 2.75) is 6.61 Å². The van der Waals surface area contributed by atoms with E-state index in [1.165, 1.54) is 23.2 Å². The summed E-state index contributed by atoms with van der Waals surface area (Å²) in [5, 5.41) is 23.1. The number of aromatic carboxylic acids is 1. The molecule has 1 amide bonds. The Kier molecular flexibility index (Phi) is 5.93. The summed E-state index contributed by atoms with van der Waals surface area (Å²) in [7, 11) is 0. The van der Waals surface area contributed by atoms with E-state index < -0.39 is 45.4 Å². The maximum absolute atomic E-state index is 13.6. The van der Waals surface area contributed by atoms with Crippen molar-refractivity contribution in [1.82, 2.24) is 14.5 Å². The summed E-state index contributed by atoms with van der Waals surface area (Å²) in [6.45, 7) is -0.389. The van der Waals surface area contributed by atoms with E-state index in [2.05, 4.69) is 15.3 Å². The number of fused-ring (bicyclic) bond motifs is 1. The number of anilines is 1. The molecule has 4 rings (SSSR count). The van der Waals surface area contributed by atoms with E-state index >= 15 is 0 Å². The SMILES string of the molecule is O=C(Nc1ccc(F)cc1F)OCc1cn(-c2cc3cc(C(=O)O)c(=O)[nH]c3cc2[N+](=O)[O-])cn1. The lowest BCUT2D eigenvalue weighted by Gasteiger charge is -2.07. The zero-order chi connectivity index (χ0) is 25.3. The third-order valence-electron chi connectivity index (χ3n) is 4.80. The number of nitrogens with one attached hydrogen (secondary N) is 2. The van der Waals surface area contributed by atoms with Crippen LogP contribution in [0.15, 0.2) is 53.7 Å². The zero-order valence-corrected chi connectivity index (χ0v) is 17.3. The van der Waals surface area contributed by atoms with Crippen molar-refractivity contribution < 1.29 is 33.1 Å². The molecule has 0 unspecified atom stereocenters. The number of nitrogens with zero attached hydrogens (tertiary/aromatic N) is 3. The molecule has 0 spiro atoms. The third kappa shape index (κ3) is 4.80. The summed E-state index contributed by atoms with van der Waals surface area (Å²) in [6, 6.07) is 6.02. The average Bonchev–Trinajstić information content (AvgIpc) is 3.27. The van der Waals surface area contributed by atoms with Crippen molar-refractivity contribution in [2.24, 2.45) is 0 Å². The van der Waals surface area contributed by atoms with E-state index in [0.29, 0.717) is 6.07 Å². The van der Waals surface area contributed by atoms with Crippen LogP contribution in [0, 0.1) is 21.7 Å². The van der Waals surface area contributed by atoms with E-state index in [1.54, 1.807) is 0 Å². The standard InChI is InChI=1S/C21H13F2N5O7/c22-11-1-2-15(14(23)5-11)26-21(32)35-8-12-7-27(9-24-12)17-4-10-3-13(20(30)31)19(29)25-16(10)6-18(17)28(33)34/h1-7,9H,8H2,(H,25,29)(H,26,32)(H,30,31). The van der Waals surface area contributed by atoms with Crippen LogP contribution in [0.3, 0.4) is 0 Å². The smallest absolute Gasteiger partial charge is 0.412 e. The Hall–Kier alpha value is -5.14. The molecular weight excluding hydrogens is 472 g/mol. The second-order valence-corrected chi connectivity index (χ2v) is 7.10. The van der Waals surface area contributed by atoms with Gasteiger partial charge in [0.1, 0.15) is 29.5 Å². The van der Waals surface area contributed by atoms with Gasteiger partial charge < -0.3 is 14.8 Å². The Labute approximate surface area is 192 Å². The normalized spacial score (nSPS) is 10.8. The summed E-state index contributed by atoms with van der Waals surface area (Å²) in [5.74, 6) is -3.28. The first-order valence-corrected chi connectivity index (χ1v) is 9.63. The minimum Gasteiger partial charge on any atom is -0.477 e. The molecule has 0 bridgehead atoms. The van der Waals surface area contributed by atoms with Crippen LogP contribution in [0.2, 0.25) is 0 Å². The van der Waals surface area contributed by atoms with Crippen molar-refractivity contribution in [2.75, 3.05) is 5.32 Å². The molecule has 2 heterocycles. The van der Waals surface area contributed by atoms with Crippen LogP contribution in [-0.4, -0.2) is 36.6 Å². The van der Waals surface area contributed by atoms with Gasteiger partial charge in [-0.15, -0.1) is 0 Å². The first-order chi connectivity index (χ1) is 16.6. The fourth-order valence-electron chi connectivity index (χ4n) is 3.19. The lowest BCUT2D eigenvalue weighted by molar-refractivity contribution is -0.384. The highest BCUT2D eigenvalue weighted by Crippen LogP contribution is 2.28. The number of carbonyl (C=O) groups excluding carboxylic acids is 1. The minimum atomic E-state index is -1.46. The van der Waals surface area contributed by atoms with Gasteiger partial charge in [-0.2, -0.15) is 0 Å². The molecule has 0 aliphatic rings. The number of hydrogen-bond acceptors (Lipinski definition) is 7. The quantitative estimate of drug-likeness (QED) is 0.276. The van der Waals surface area contributed by atoms with Gasteiger partial charge in [-0.05, 0) is 24.3 Å². The molecular formula is C21H13F2N5O7. The summed E-state index contributed by atoms with van der Waals surface area (Å²) in [6.07, 6.45) is 1.48. The molecule has 14 heteroatoms. The van der Waals surface area contributed by atoms with E-state index in [-0.39, 0.29) is 34.6 Å². The van der Waals surface area contributed by atoms with Crippen LogP contribution in [-0.2, 0) is 11.3 Å². The number of carboxylic acid groups (broad SMARTS) is 1. The highest BCUT2D eigenvalue weighted by Gasteiger charge is 2.20. The number of ether oxygens (including phenoxy) is 1. The molecule has 35 heavy (non-hydrogen) atoms. The molecule has 0 aliphatic carbocycles. The number of carboxylic acids is 1. The van der Waals surface area contributed by atoms with Crippen molar-refractivity contribution in [3.63, 3.8) is 0 Å². The molecule has 0 saturated carbocycles. The molecule has 178 valence electrons. The number of halogens is 2. The van der Waals surface area contributed by atoms with Gasteiger partial charge in [0, 0.05) is 23.7 Å². The van der Waals surface area contributed by atoms with Gasteiger partial charge >= 0.3 is 12.1 Å². The summed E-state index contributed by atoms with van der Waals surface area (Å²) >= 11 is 0. The molecule has 0 radical (unpaired) electrons. The zero-order valence-electron chi connectivity index (χ0n) is 17.3. The van der Waals surface area contributed by atoms with E-state index in [1.807, 2.05) is 0 Å². The minimum absolute atomic E-state index is 0.00229. The molecule has 12 nitrogen and oxygen atoms in total. The molecule has 4 aromatic rings. The Morgan fingerprint density at radius 3 is 2.69 bits per heavy atom. The van der Waals surface area contributed by atoms with Gasteiger partial charge in [0.25, 0.3) is 11.2 Å². The van der Waals surface area contributed by atoms with Gasteiger partial charge in [0.2, 0.25) is 0 Å². The van der Waals surface area contributed by atoms with Gasteiger partial charge in [-0.25, -0.2) is 23.4 Å². The van der Waals surface area contributed by atoms with Crippen molar-refractivity contribution >= 4 is 34.3 Å². The summed E-state index contributed by atoms with van der Waals surface area (Å²) in [4.78, 5) is 52.2. The first kappa shape index (κ1) is 23.0. The van der Waals surface area contributed by atoms with Crippen LogP contribution < -0.4 is 10.9 Å². The molecule has 0 fully saturated rings. The number of amides is 1. The number of rotatable bonds is 6. The average molecular weight is 485 g/mol. The number of benzene rings is 2. The van der Waals surface area contributed by atoms with Crippen LogP contribution in [0.5, 0.6) is 0 Å². The molecule has 2 aromatic carbocycles. The maximum Gasteiger partial charge on any atom is 0.412 e. The van der Waals surface area contributed by atoms with E-state index in [9.17, 15) is 33.3 Å². The number of nitro benzene ring substituents is 1. The molecule has 2 aromatic heterocycles. The third-order valence-corrected chi connectivity index (χ3v) is 4.80. The van der Waals surface area contributed by atoms with Gasteiger partial charge in [-0.1, -0.05) is 0 Å². The monoisotopic (exact) mass is 485 g/mol. The fraction of sp³-hybridized carbons (Fsp3) is 0.0476. The lowest BCUT2D eigenvalue weighted by atomic mass is 10.1. The van der Waals surface area contributed by atoms with E-state index in [0.717, 1.165) is 24.3 Å².